The summed E-state index contributed by atoms with van der Waals surface area (Å²) >= 11 is 0. The molecule has 0 aliphatic heterocycles. The van der Waals surface area contributed by atoms with Crippen LogP contribution in [-0.2, 0) is 16.2 Å². The molecule has 1 unspecified atom stereocenters. The Labute approximate surface area is 162 Å². The van der Waals surface area contributed by atoms with Crippen LogP contribution in [0.1, 0.15) is 20.1 Å². The van der Waals surface area contributed by atoms with E-state index in [-0.39, 0.29) is 6.23 Å². The Balaban J connectivity index is 1.77. The summed E-state index contributed by atoms with van der Waals surface area (Å²) in [6.45, 7) is 13.2. The number of aromatic nitrogens is 3. The van der Waals surface area contributed by atoms with Crippen LogP contribution in [0, 0.1) is 0 Å². The van der Waals surface area contributed by atoms with Gasteiger partial charge in [0.25, 0.3) is 0 Å². The molecule has 5 nitrogen and oxygen atoms in total. The third-order valence-corrected chi connectivity index (χ3v) is 6.44. The summed E-state index contributed by atoms with van der Waals surface area (Å²) in [6.07, 6.45) is 6.01. The zero-order valence-electron chi connectivity index (χ0n) is 17.1. The molecule has 0 aliphatic carbocycles. The zero-order valence-corrected chi connectivity index (χ0v) is 18.1. The molecule has 2 aromatic heterocycles. The van der Waals surface area contributed by atoms with Crippen molar-refractivity contribution in [3.63, 3.8) is 0 Å². The van der Waals surface area contributed by atoms with E-state index in [9.17, 15) is 0 Å². The maximum Gasteiger partial charge on any atom is 0.147 e. The minimum Gasteiger partial charge on any atom is -0.361 e. The van der Waals surface area contributed by atoms with Crippen molar-refractivity contribution >= 4 is 19.0 Å². The van der Waals surface area contributed by atoms with Crippen LogP contribution >= 0.6 is 0 Å². The van der Waals surface area contributed by atoms with Crippen LogP contribution in [-0.4, -0.2) is 35.6 Å². The minimum absolute atomic E-state index is 0.0627. The maximum absolute atomic E-state index is 5.93. The lowest BCUT2D eigenvalue weighted by atomic mass is 10.1. The molecule has 0 N–H and O–H groups in total. The van der Waals surface area contributed by atoms with Gasteiger partial charge in [0.05, 0.1) is 11.7 Å². The van der Waals surface area contributed by atoms with E-state index in [1.807, 2.05) is 24.7 Å². The largest absolute Gasteiger partial charge is 0.361 e. The van der Waals surface area contributed by atoms with Crippen LogP contribution in [0.4, 0.5) is 0 Å². The van der Waals surface area contributed by atoms with E-state index in [1.54, 1.807) is 0 Å². The van der Waals surface area contributed by atoms with Crippen molar-refractivity contribution in [2.45, 2.75) is 52.5 Å². The first kappa shape index (κ1) is 19.9. The highest BCUT2D eigenvalue weighted by molar-refractivity contribution is 6.76. The standard InChI is InChI=1S/C21H31N3O2Si/c1-6-26-17(2)24-15-18(14-22-24)19-8-7-9-21-20(19)10-11-23(21)16-25-12-13-27(3,4)5/h7-11,14-15,17H,6,12-13,16H2,1-5H3. The van der Waals surface area contributed by atoms with Gasteiger partial charge in [0.15, 0.2) is 0 Å². The summed E-state index contributed by atoms with van der Waals surface area (Å²) in [5.41, 5.74) is 3.47. The van der Waals surface area contributed by atoms with Crippen LogP contribution < -0.4 is 0 Å². The fourth-order valence-corrected chi connectivity index (χ4v) is 3.88. The molecule has 1 aromatic carbocycles. The van der Waals surface area contributed by atoms with Gasteiger partial charge in [-0.1, -0.05) is 31.8 Å². The van der Waals surface area contributed by atoms with Gasteiger partial charge in [0.2, 0.25) is 0 Å². The smallest absolute Gasteiger partial charge is 0.147 e. The topological polar surface area (TPSA) is 41.2 Å². The molecule has 0 saturated carbocycles. The first-order valence-corrected chi connectivity index (χ1v) is 13.4. The van der Waals surface area contributed by atoms with Crippen molar-refractivity contribution in [1.82, 2.24) is 14.3 Å². The molecule has 146 valence electrons. The molecule has 1 atom stereocenters. The predicted molar refractivity (Wildman–Crippen MR) is 114 cm³/mol. The highest BCUT2D eigenvalue weighted by Crippen LogP contribution is 2.30. The Hall–Kier alpha value is -1.89. The van der Waals surface area contributed by atoms with E-state index in [4.69, 9.17) is 9.47 Å². The molecule has 3 aromatic rings. The number of ether oxygens (including phenoxy) is 2. The highest BCUT2D eigenvalue weighted by atomic mass is 28.3. The summed E-state index contributed by atoms with van der Waals surface area (Å²) in [6, 6.07) is 9.74. The summed E-state index contributed by atoms with van der Waals surface area (Å²) in [5.74, 6) is 0. The Bertz CT molecular complexity index is 879. The summed E-state index contributed by atoms with van der Waals surface area (Å²) in [4.78, 5) is 0. The molecular formula is C21H31N3O2Si. The van der Waals surface area contributed by atoms with Gasteiger partial charge in [-0.2, -0.15) is 5.10 Å². The Morgan fingerprint density at radius 3 is 2.74 bits per heavy atom. The molecule has 0 aliphatic rings. The molecular weight excluding hydrogens is 354 g/mol. The minimum atomic E-state index is -1.05. The van der Waals surface area contributed by atoms with E-state index in [2.05, 4.69) is 66.0 Å². The first-order valence-electron chi connectivity index (χ1n) is 9.71. The van der Waals surface area contributed by atoms with Crippen molar-refractivity contribution < 1.29 is 9.47 Å². The normalized spacial score (nSPS) is 13.4. The van der Waals surface area contributed by atoms with E-state index in [0.29, 0.717) is 13.3 Å². The molecule has 0 amide bonds. The molecule has 0 spiro atoms. The van der Waals surface area contributed by atoms with Gasteiger partial charge in [0.1, 0.15) is 13.0 Å². The van der Waals surface area contributed by atoms with Gasteiger partial charge in [-0.3, -0.25) is 0 Å². The van der Waals surface area contributed by atoms with Crippen LogP contribution in [0.15, 0.2) is 42.9 Å². The van der Waals surface area contributed by atoms with Crippen molar-refractivity contribution in [3.8, 4) is 11.1 Å². The summed E-state index contributed by atoms with van der Waals surface area (Å²) in [5, 5.41) is 5.69. The number of benzene rings is 1. The average Bonchev–Trinajstić information content (AvgIpc) is 3.25. The summed E-state index contributed by atoms with van der Waals surface area (Å²) in [7, 11) is -1.05. The van der Waals surface area contributed by atoms with Crippen LogP contribution in [0.2, 0.25) is 25.7 Å². The molecule has 0 bridgehead atoms. The summed E-state index contributed by atoms with van der Waals surface area (Å²) < 4.78 is 15.6. The maximum atomic E-state index is 5.93. The van der Waals surface area contributed by atoms with Gasteiger partial charge in [-0.25, -0.2) is 4.68 Å². The van der Waals surface area contributed by atoms with Gasteiger partial charge < -0.3 is 14.0 Å². The van der Waals surface area contributed by atoms with Crippen LogP contribution in [0.5, 0.6) is 0 Å². The van der Waals surface area contributed by atoms with E-state index >= 15 is 0 Å². The monoisotopic (exact) mass is 385 g/mol. The van der Waals surface area contributed by atoms with E-state index < -0.39 is 8.07 Å². The first-order chi connectivity index (χ1) is 12.9. The number of nitrogens with zero attached hydrogens (tertiary/aromatic N) is 3. The van der Waals surface area contributed by atoms with Gasteiger partial charge in [-0.05, 0) is 37.6 Å². The number of hydrogen-bond acceptors (Lipinski definition) is 3. The third kappa shape index (κ3) is 4.89. The van der Waals surface area contributed by atoms with Crippen molar-refractivity contribution in [2.75, 3.05) is 13.2 Å². The Morgan fingerprint density at radius 2 is 2.00 bits per heavy atom. The van der Waals surface area contributed by atoms with Crippen molar-refractivity contribution in [1.29, 1.82) is 0 Å². The van der Waals surface area contributed by atoms with Crippen molar-refractivity contribution in [3.05, 3.63) is 42.9 Å². The fraction of sp³-hybridized carbons (Fsp3) is 0.476. The second-order valence-corrected chi connectivity index (χ2v) is 13.8. The molecule has 0 fully saturated rings. The number of rotatable bonds is 9. The van der Waals surface area contributed by atoms with Gasteiger partial charge >= 0.3 is 0 Å². The molecule has 6 heteroatoms. The number of hydrogen-bond donors (Lipinski definition) is 0. The second kappa shape index (κ2) is 8.42. The van der Waals surface area contributed by atoms with E-state index in [1.165, 1.54) is 22.5 Å². The SMILES string of the molecule is CCOC(C)n1cc(-c2cccc3c2ccn3COCC[Si](C)(C)C)cn1. The molecule has 27 heavy (non-hydrogen) atoms. The zero-order chi connectivity index (χ0) is 19.4. The third-order valence-electron chi connectivity index (χ3n) is 4.73. The lowest BCUT2D eigenvalue weighted by Gasteiger charge is -2.15. The lowest BCUT2D eigenvalue weighted by molar-refractivity contribution is 0.0160. The predicted octanol–water partition coefficient (Wildman–Crippen LogP) is 5.37. The van der Waals surface area contributed by atoms with Crippen LogP contribution in [0.25, 0.3) is 22.0 Å². The lowest BCUT2D eigenvalue weighted by Crippen LogP contribution is -2.21. The van der Waals surface area contributed by atoms with Gasteiger partial charge in [-0.15, -0.1) is 0 Å². The number of fused-ring (bicyclic) bond motifs is 1. The van der Waals surface area contributed by atoms with E-state index in [0.717, 1.165) is 12.2 Å². The quantitative estimate of drug-likeness (QED) is 0.367. The Morgan fingerprint density at radius 1 is 1.19 bits per heavy atom. The fourth-order valence-electron chi connectivity index (χ4n) is 3.12. The molecule has 3 rings (SSSR count). The molecule has 0 saturated heterocycles. The van der Waals surface area contributed by atoms with Crippen LogP contribution in [0.3, 0.4) is 0 Å². The van der Waals surface area contributed by atoms with Crippen molar-refractivity contribution in [2.24, 2.45) is 0 Å². The highest BCUT2D eigenvalue weighted by Gasteiger charge is 2.13. The Kier molecular flexibility index (Phi) is 6.19. The average molecular weight is 386 g/mol. The van der Waals surface area contributed by atoms with Gasteiger partial charge in [0, 0.05) is 44.6 Å². The molecule has 2 heterocycles. The second-order valence-electron chi connectivity index (χ2n) is 8.14. The molecule has 0 radical (unpaired) electrons.